The lowest BCUT2D eigenvalue weighted by Crippen LogP contribution is -2.56. The number of nitrogens with zero attached hydrogens (tertiary/aromatic N) is 2. The number of carbonyl (C=O) groups is 2. The molecule has 7 rings (SSSR count). The van der Waals surface area contributed by atoms with Crippen molar-refractivity contribution < 1.29 is 9.59 Å². The second-order valence-electron chi connectivity index (χ2n) is 11.7. The van der Waals surface area contributed by atoms with Crippen LogP contribution in [0.3, 0.4) is 0 Å². The van der Waals surface area contributed by atoms with Crippen molar-refractivity contribution in [3.63, 3.8) is 0 Å². The van der Waals surface area contributed by atoms with E-state index in [1.54, 1.807) is 5.01 Å². The molecule has 2 aromatic rings. The van der Waals surface area contributed by atoms with Gasteiger partial charge in [0.25, 0.3) is 0 Å². The Morgan fingerprint density at radius 2 is 1.54 bits per heavy atom. The summed E-state index contributed by atoms with van der Waals surface area (Å²) in [6.45, 7) is 2.43. The Morgan fingerprint density at radius 1 is 0.919 bits per heavy atom. The van der Waals surface area contributed by atoms with Crippen LogP contribution in [-0.2, 0) is 9.59 Å². The van der Waals surface area contributed by atoms with Crippen molar-refractivity contribution in [1.82, 2.24) is 10.3 Å². The molecule has 2 unspecified atom stereocenters. The Kier molecular flexibility index (Phi) is 6.87. The van der Waals surface area contributed by atoms with Gasteiger partial charge in [-0.05, 0) is 86.0 Å². The fraction of sp³-hybridized carbons (Fsp3) is 0.533. The predicted molar refractivity (Wildman–Crippen MR) is 147 cm³/mol. The summed E-state index contributed by atoms with van der Waals surface area (Å²) in [7, 11) is 0. The van der Waals surface area contributed by atoms with Crippen LogP contribution in [0.25, 0.3) is 0 Å². The number of amides is 2. The molecule has 2 atom stereocenters. The zero-order valence-corrected chi connectivity index (χ0v) is 22.8. The molecule has 1 aliphatic heterocycles. The van der Waals surface area contributed by atoms with Crippen LogP contribution in [0.4, 0.5) is 5.69 Å². The van der Waals surface area contributed by atoms with E-state index in [0.717, 1.165) is 29.5 Å². The van der Waals surface area contributed by atoms with Crippen molar-refractivity contribution in [3.8, 4) is 0 Å². The first-order valence-electron chi connectivity index (χ1n) is 13.8. The lowest BCUT2D eigenvalue weighted by Gasteiger charge is -2.54. The maximum absolute atomic E-state index is 13.7. The lowest BCUT2D eigenvalue weighted by molar-refractivity contribution is -0.137. The van der Waals surface area contributed by atoms with E-state index in [2.05, 4.69) is 5.32 Å². The van der Waals surface area contributed by atoms with E-state index in [0.29, 0.717) is 28.4 Å². The molecule has 0 aromatic heterocycles. The van der Waals surface area contributed by atoms with Crippen molar-refractivity contribution in [2.45, 2.75) is 64.0 Å². The van der Waals surface area contributed by atoms with Crippen molar-refractivity contribution >= 4 is 40.7 Å². The highest BCUT2D eigenvalue weighted by Gasteiger charge is 2.49. The van der Waals surface area contributed by atoms with Gasteiger partial charge in [0.1, 0.15) is 0 Å². The highest BCUT2D eigenvalue weighted by atomic mass is 35.5. The van der Waals surface area contributed by atoms with E-state index < -0.39 is 5.92 Å². The van der Waals surface area contributed by atoms with E-state index in [-0.39, 0.29) is 30.3 Å². The third-order valence-electron chi connectivity index (χ3n) is 9.29. The molecule has 1 N–H and O–H groups in total. The van der Waals surface area contributed by atoms with Gasteiger partial charge in [-0.15, -0.1) is 0 Å². The van der Waals surface area contributed by atoms with E-state index in [1.807, 2.05) is 60.5 Å². The van der Waals surface area contributed by atoms with Gasteiger partial charge in [-0.1, -0.05) is 60.5 Å². The van der Waals surface area contributed by atoms with Gasteiger partial charge in [-0.25, -0.2) is 0 Å². The number of anilines is 1. The monoisotopic (exact) mass is 539 g/mol. The SMILES string of the molecule is CC(CC(=O)N1CCC(c2ccccc2Cl)N1c1ccccc1Cl)C(=O)NC1C2CC3CC(C2)CC1C3. The van der Waals surface area contributed by atoms with E-state index in [9.17, 15) is 9.59 Å². The molecule has 7 heteroatoms. The predicted octanol–water partition coefficient (Wildman–Crippen LogP) is 6.66. The van der Waals surface area contributed by atoms with Gasteiger partial charge in [-0.3, -0.25) is 19.6 Å². The molecule has 0 radical (unpaired) electrons. The second kappa shape index (κ2) is 10.1. The Labute approximate surface area is 229 Å². The number of carbonyl (C=O) groups excluding carboxylic acids is 2. The number of nitrogens with one attached hydrogen (secondary N) is 1. The summed E-state index contributed by atoms with van der Waals surface area (Å²) in [6.07, 6.45) is 7.32. The molecule has 4 bridgehead atoms. The topological polar surface area (TPSA) is 52.7 Å². The standard InChI is InChI=1S/C30H35Cl2N3O2/c1-18(30(37)33-29-21-14-19-13-20(16-21)17-22(29)15-19)12-28(36)34-11-10-26(23-6-2-3-7-24(23)31)35(34)27-9-5-4-8-25(27)32/h2-9,18-22,26,29H,10-17H2,1H3,(H,33,37). The average molecular weight is 541 g/mol. The number of hydrogen-bond donors (Lipinski definition) is 1. The quantitative estimate of drug-likeness (QED) is 0.446. The molecule has 37 heavy (non-hydrogen) atoms. The fourth-order valence-corrected chi connectivity index (χ4v) is 8.27. The van der Waals surface area contributed by atoms with Gasteiger partial charge in [0.05, 0.1) is 16.8 Å². The molecule has 196 valence electrons. The largest absolute Gasteiger partial charge is 0.353 e. The molecule has 5 fully saturated rings. The van der Waals surface area contributed by atoms with Crippen LogP contribution in [0.5, 0.6) is 0 Å². The summed E-state index contributed by atoms with van der Waals surface area (Å²) in [5.41, 5.74) is 1.73. The molecule has 1 heterocycles. The van der Waals surface area contributed by atoms with Crippen LogP contribution >= 0.6 is 23.2 Å². The Morgan fingerprint density at radius 3 is 2.19 bits per heavy atom. The third kappa shape index (κ3) is 4.74. The number of hydrazine groups is 1. The van der Waals surface area contributed by atoms with Crippen LogP contribution in [0.2, 0.25) is 10.0 Å². The highest BCUT2D eigenvalue weighted by Crippen LogP contribution is 2.53. The van der Waals surface area contributed by atoms with Crippen molar-refractivity contribution in [2.24, 2.45) is 29.6 Å². The number of benzene rings is 2. The Balaban J connectivity index is 1.17. The van der Waals surface area contributed by atoms with Gasteiger partial charge < -0.3 is 5.32 Å². The first-order valence-corrected chi connectivity index (χ1v) is 14.5. The average Bonchev–Trinajstić information content (AvgIpc) is 3.31. The summed E-state index contributed by atoms with van der Waals surface area (Å²) in [5, 5.41) is 8.38. The number of hydrogen-bond acceptors (Lipinski definition) is 3. The zero-order valence-electron chi connectivity index (χ0n) is 21.3. The van der Waals surface area contributed by atoms with Gasteiger partial charge in [0.2, 0.25) is 11.8 Å². The summed E-state index contributed by atoms with van der Waals surface area (Å²) < 4.78 is 0. The molecule has 5 nitrogen and oxygen atoms in total. The van der Waals surface area contributed by atoms with Gasteiger partial charge in [0, 0.05) is 29.9 Å². The molecule has 2 amide bonds. The van der Waals surface area contributed by atoms with Crippen molar-refractivity contribution in [2.75, 3.05) is 11.6 Å². The summed E-state index contributed by atoms with van der Waals surface area (Å²) in [4.78, 5) is 27.0. The minimum atomic E-state index is -0.392. The van der Waals surface area contributed by atoms with Crippen LogP contribution in [0, 0.1) is 29.6 Å². The van der Waals surface area contributed by atoms with E-state index in [4.69, 9.17) is 23.2 Å². The van der Waals surface area contributed by atoms with E-state index >= 15 is 0 Å². The summed E-state index contributed by atoms with van der Waals surface area (Å²) in [6, 6.07) is 15.5. The molecule has 4 aliphatic carbocycles. The molecular weight excluding hydrogens is 505 g/mol. The maximum Gasteiger partial charge on any atom is 0.241 e. The maximum atomic E-state index is 13.7. The fourth-order valence-electron chi connectivity index (χ4n) is 7.78. The van der Waals surface area contributed by atoms with Gasteiger partial charge in [0.15, 0.2) is 0 Å². The molecule has 1 saturated heterocycles. The molecular formula is C30H35Cl2N3O2. The minimum absolute atomic E-state index is 0.0111. The van der Waals surface area contributed by atoms with Crippen LogP contribution < -0.4 is 10.3 Å². The second-order valence-corrected chi connectivity index (χ2v) is 12.5. The molecule has 5 aliphatic rings. The van der Waals surface area contributed by atoms with Crippen LogP contribution in [-0.4, -0.2) is 29.4 Å². The number of para-hydroxylation sites is 1. The first-order chi connectivity index (χ1) is 17.9. The Bertz CT molecular complexity index is 1160. The first kappa shape index (κ1) is 25.1. The smallest absolute Gasteiger partial charge is 0.241 e. The molecule has 0 spiro atoms. The van der Waals surface area contributed by atoms with Crippen LogP contribution in [0.15, 0.2) is 48.5 Å². The van der Waals surface area contributed by atoms with Gasteiger partial charge in [-0.2, -0.15) is 0 Å². The van der Waals surface area contributed by atoms with Crippen LogP contribution in [0.1, 0.15) is 63.5 Å². The Hall–Kier alpha value is -2.24. The number of rotatable bonds is 6. The lowest BCUT2D eigenvalue weighted by atomic mass is 9.54. The normalized spacial score (nSPS) is 31.0. The van der Waals surface area contributed by atoms with Crippen molar-refractivity contribution in [3.05, 3.63) is 64.1 Å². The minimum Gasteiger partial charge on any atom is -0.353 e. The third-order valence-corrected chi connectivity index (χ3v) is 9.95. The van der Waals surface area contributed by atoms with Crippen molar-refractivity contribution in [1.29, 1.82) is 0 Å². The molecule has 4 saturated carbocycles. The van der Waals surface area contributed by atoms with Gasteiger partial charge >= 0.3 is 0 Å². The molecule has 2 aromatic carbocycles. The zero-order chi connectivity index (χ0) is 25.7. The number of halogens is 2. The van der Waals surface area contributed by atoms with E-state index in [1.165, 1.54) is 32.1 Å². The summed E-state index contributed by atoms with van der Waals surface area (Å²) in [5.74, 6) is 2.53. The highest BCUT2D eigenvalue weighted by molar-refractivity contribution is 6.33. The summed E-state index contributed by atoms with van der Waals surface area (Å²) >= 11 is 13.2.